The molecule has 0 aliphatic rings. The number of hydrogen-bond acceptors (Lipinski definition) is 4. The highest BCUT2D eigenvalue weighted by atomic mass is 35.5. The first kappa shape index (κ1) is 18.8. The molecule has 0 aromatic heterocycles. The fraction of sp³-hybridized carbons (Fsp3) is 0.263. The minimum absolute atomic E-state index is 0.00591. The van der Waals surface area contributed by atoms with Crippen LogP contribution in [0, 0.1) is 20.8 Å². The Kier molecular flexibility index (Phi) is 5.69. The summed E-state index contributed by atoms with van der Waals surface area (Å²) < 4.78 is 5.16. The normalized spacial score (nSPS) is 11.7. The number of carbonyl (C=O) groups excluding carboxylic acids is 2. The molecule has 0 saturated carbocycles. The van der Waals surface area contributed by atoms with Crippen molar-refractivity contribution in [3.05, 3.63) is 57.6 Å². The molecule has 6 heteroatoms. The third-order valence-corrected chi connectivity index (χ3v) is 4.08. The lowest BCUT2D eigenvalue weighted by Gasteiger charge is -2.16. The third-order valence-electron chi connectivity index (χ3n) is 3.78. The molecule has 5 nitrogen and oxygen atoms in total. The molecular formula is C19H20ClNO4. The number of nitrogens with one attached hydrogen (secondary N) is 1. The third kappa shape index (κ3) is 4.51. The van der Waals surface area contributed by atoms with Crippen LogP contribution in [-0.2, 0) is 9.53 Å². The topological polar surface area (TPSA) is 75.6 Å². The van der Waals surface area contributed by atoms with Crippen molar-refractivity contribution in [3.63, 3.8) is 0 Å². The highest BCUT2D eigenvalue weighted by Gasteiger charge is 2.21. The summed E-state index contributed by atoms with van der Waals surface area (Å²) in [5.74, 6) is -1.18. The summed E-state index contributed by atoms with van der Waals surface area (Å²) in [5, 5.41) is 12.8. The number of esters is 1. The van der Waals surface area contributed by atoms with Crippen LogP contribution in [0.5, 0.6) is 5.75 Å². The number of carbonyl (C=O) groups is 2. The Labute approximate surface area is 151 Å². The maximum absolute atomic E-state index is 12.3. The Morgan fingerprint density at radius 1 is 1.12 bits per heavy atom. The van der Waals surface area contributed by atoms with Gasteiger partial charge in [-0.25, -0.2) is 4.79 Å². The molecule has 25 heavy (non-hydrogen) atoms. The zero-order chi connectivity index (χ0) is 18.7. The van der Waals surface area contributed by atoms with E-state index in [1.54, 1.807) is 19.1 Å². The summed E-state index contributed by atoms with van der Waals surface area (Å²) in [6.45, 7) is 6.93. The van der Waals surface area contributed by atoms with E-state index in [0.29, 0.717) is 16.3 Å². The van der Waals surface area contributed by atoms with Crippen molar-refractivity contribution in [2.75, 3.05) is 5.32 Å². The molecule has 2 aromatic carbocycles. The van der Waals surface area contributed by atoms with Gasteiger partial charge in [-0.05, 0) is 62.6 Å². The predicted molar refractivity (Wildman–Crippen MR) is 97.3 cm³/mol. The van der Waals surface area contributed by atoms with Crippen LogP contribution in [0.2, 0.25) is 5.02 Å². The number of anilines is 1. The van der Waals surface area contributed by atoms with Crippen molar-refractivity contribution in [1.82, 2.24) is 0 Å². The van der Waals surface area contributed by atoms with Gasteiger partial charge >= 0.3 is 5.97 Å². The molecule has 0 saturated heterocycles. The number of hydrogen-bond donors (Lipinski definition) is 2. The van der Waals surface area contributed by atoms with Gasteiger partial charge in [0.15, 0.2) is 6.10 Å². The van der Waals surface area contributed by atoms with Crippen LogP contribution in [0.3, 0.4) is 0 Å². The monoisotopic (exact) mass is 361 g/mol. The second-order valence-electron chi connectivity index (χ2n) is 5.98. The molecule has 0 aliphatic heterocycles. The summed E-state index contributed by atoms with van der Waals surface area (Å²) >= 11 is 6.17. The molecule has 1 atom stereocenters. The molecule has 2 aromatic rings. The lowest BCUT2D eigenvalue weighted by Crippen LogP contribution is -2.30. The molecule has 132 valence electrons. The maximum atomic E-state index is 12.3. The summed E-state index contributed by atoms with van der Waals surface area (Å²) in [5.41, 5.74) is 3.12. The van der Waals surface area contributed by atoms with E-state index in [1.165, 1.54) is 19.1 Å². The number of benzene rings is 2. The van der Waals surface area contributed by atoms with Crippen molar-refractivity contribution in [2.24, 2.45) is 0 Å². The fourth-order valence-electron chi connectivity index (χ4n) is 2.32. The standard InChI is InChI=1S/C19H20ClNO4/c1-10-7-12(3)17(15(20)8-10)21-18(23)13(4)25-19(24)14-6-5-11(2)16(22)9-14/h5-9,13,22H,1-4H3,(H,21,23). The van der Waals surface area contributed by atoms with Crippen molar-refractivity contribution in [3.8, 4) is 5.75 Å². The Hall–Kier alpha value is -2.53. The molecule has 0 bridgehead atoms. The molecule has 0 radical (unpaired) electrons. The number of amides is 1. The SMILES string of the molecule is Cc1cc(C)c(NC(=O)C(C)OC(=O)c2ccc(C)c(O)c2)c(Cl)c1. The van der Waals surface area contributed by atoms with E-state index in [4.69, 9.17) is 16.3 Å². The number of rotatable bonds is 4. The Bertz CT molecular complexity index is 809. The molecule has 0 heterocycles. The molecule has 0 fully saturated rings. The van der Waals surface area contributed by atoms with E-state index in [9.17, 15) is 14.7 Å². The van der Waals surface area contributed by atoms with Crippen LogP contribution in [0.4, 0.5) is 5.69 Å². The number of ether oxygens (including phenoxy) is 1. The van der Waals surface area contributed by atoms with Crippen LogP contribution >= 0.6 is 11.6 Å². The first-order valence-electron chi connectivity index (χ1n) is 7.77. The first-order chi connectivity index (χ1) is 11.7. The van der Waals surface area contributed by atoms with Crippen LogP contribution in [-0.4, -0.2) is 23.1 Å². The van der Waals surface area contributed by atoms with Gasteiger partial charge in [-0.2, -0.15) is 0 Å². The zero-order valence-corrected chi connectivity index (χ0v) is 15.3. The van der Waals surface area contributed by atoms with Gasteiger partial charge in [0, 0.05) is 0 Å². The van der Waals surface area contributed by atoms with Crippen molar-refractivity contribution in [2.45, 2.75) is 33.8 Å². The quantitative estimate of drug-likeness (QED) is 0.802. The Balaban J connectivity index is 2.07. The van der Waals surface area contributed by atoms with Gasteiger partial charge in [-0.15, -0.1) is 0 Å². The maximum Gasteiger partial charge on any atom is 0.339 e. The summed E-state index contributed by atoms with van der Waals surface area (Å²) in [6.07, 6.45) is -1.02. The van der Waals surface area contributed by atoms with Crippen LogP contribution in [0.15, 0.2) is 30.3 Å². The van der Waals surface area contributed by atoms with Gasteiger partial charge in [-0.3, -0.25) is 4.79 Å². The molecule has 2 N–H and O–H groups in total. The van der Waals surface area contributed by atoms with E-state index in [1.807, 2.05) is 19.9 Å². The molecule has 1 unspecified atom stereocenters. The van der Waals surface area contributed by atoms with Gasteiger partial charge in [0.2, 0.25) is 0 Å². The lowest BCUT2D eigenvalue weighted by atomic mass is 10.1. The Morgan fingerprint density at radius 2 is 1.80 bits per heavy atom. The van der Waals surface area contributed by atoms with Crippen LogP contribution in [0.25, 0.3) is 0 Å². The van der Waals surface area contributed by atoms with Crippen molar-refractivity contribution < 1.29 is 19.4 Å². The number of aromatic hydroxyl groups is 1. The molecule has 0 aliphatic carbocycles. The minimum atomic E-state index is -1.02. The molecule has 0 spiro atoms. The predicted octanol–water partition coefficient (Wildman–Crippen LogP) is 4.15. The van der Waals surface area contributed by atoms with E-state index < -0.39 is 18.0 Å². The van der Waals surface area contributed by atoms with E-state index in [-0.39, 0.29) is 11.3 Å². The van der Waals surface area contributed by atoms with Crippen LogP contribution < -0.4 is 5.32 Å². The summed E-state index contributed by atoms with van der Waals surface area (Å²) in [7, 11) is 0. The smallest absolute Gasteiger partial charge is 0.339 e. The lowest BCUT2D eigenvalue weighted by molar-refractivity contribution is -0.123. The number of phenolic OH excluding ortho intramolecular Hbond substituents is 1. The van der Waals surface area contributed by atoms with Gasteiger partial charge in [0.1, 0.15) is 5.75 Å². The van der Waals surface area contributed by atoms with E-state index in [2.05, 4.69) is 5.32 Å². The van der Waals surface area contributed by atoms with Crippen molar-refractivity contribution in [1.29, 1.82) is 0 Å². The number of halogens is 1. The summed E-state index contributed by atoms with van der Waals surface area (Å²) in [4.78, 5) is 24.4. The second-order valence-corrected chi connectivity index (χ2v) is 6.38. The van der Waals surface area contributed by atoms with E-state index in [0.717, 1.165) is 11.1 Å². The van der Waals surface area contributed by atoms with Gasteiger partial charge < -0.3 is 15.2 Å². The Morgan fingerprint density at radius 3 is 2.40 bits per heavy atom. The largest absolute Gasteiger partial charge is 0.508 e. The highest BCUT2D eigenvalue weighted by molar-refractivity contribution is 6.34. The fourth-order valence-corrected chi connectivity index (χ4v) is 2.69. The number of aryl methyl sites for hydroxylation is 3. The zero-order valence-electron chi connectivity index (χ0n) is 14.5. The van der Waals surface area contributed by atoms with E-state index >= 15 is 0 Å². The molecule has 1 amide bonds. The van der Waals surface area contributed by atoms with Crippen LogP contribution in [0.1, 0.15) is 34.0 Å². The average molecular weight is 362 g/mol. The van der Waals surface area contributed by atoms with Gasteiger partial charge in [0.05, 0.1) is 16.3 Å². The average Bonchev–Trinajstić information content (AvgIpc) is 2.53. The minimum Gasteiger partial charge on any atom is -0.508 e. The van der Waals surface area contributed by atoms with Crippen molar-refractivity contribution >= 4 is 29.2 Å². The molecular weight excluding hydrogens is 342 g/mol. The molecule has 2 rings (SSSR count). The second kappa shape index (κ2) is 7.57. The first-order valence-corrected chi connectivity index (χ1v) is 8.15. The highest BCUT2D eigenvalue weighted by Crippen LogP contribution is 2.27. The summed E-state index contributed by atoms with van der Waals surface area (Å²) in [6, 6.07) is 8.08. The number of phenols is 1. The van der Waals surface area contributed by atoms with Gasteiger partial charge in [-0.1, -0.05) is 23.7 Å². The van der Waals surface area contributed by atoms with Gasteiger partial charge in [0.25, 0.3) is 5.91 Å².